The summed E-state index contributed by atoms with van der Waals surface area (Å²) in [6.45, 7) is 17.5. The van der Waals surface area contributed by atoms with Gasteiger partial charge < -0.3 is 4.43 Å². The number of rotatable bonds is 8. The van der Waals surface area contributed by atoms with Crippen molar-refractivity contribution < 1.29 is 12.8 Å². The molecule has 0 fully saturated rings. The maximum atomic E-state index is 13.6. The van der Waals surface area contributed by atoms with Crippen LogP contribution in [0.4, 0.5) is 0 Å². The van der Waals surface area contributed by atoms with E-state index in [2.05, 4.69) is 33.9 Å². The Morgan fingerprint density at radius 3 is 1.53 bits per heavy atom. The average Bonchev–Trinajstić information content (AvgIpc) is 2.66. The van der Waals surface area contributed by atoms with Crippen molar-refractivity contribution in [1.82, 2.24) is 0 Å². The molecule has 0 aliphatic carbocycles. The molecule has 0 heterocycles. The summed E-state index contributed by atoms with van der Waals surface area (Å²) in [5.41, 5.74) is 2.22. The van der Waals surface area contributed by atoms with Crippen molar-refractivity contribution in [3.8, 4) is 0 Å². The van der Waals surface area contributed by atoms with Crippen LogP contribution in [-0.2, 0) is 26.0 Å². The third-order valence-electron chi connectivity index (χ3n) is 5.91. The van der Waals surface area contributed by atoms with Gasteiger partial charge in [0.15, 0.2) is 8.32 Å². The summed E-state index contributed by atoms with van der Waals surface area (Å²) in [5, 5.41) is 0.0917. The van der Waals surface area contributed by atoms with Crippen LogP contribution >= 0.6 is 0 Å². The van der Waals surface area contributed by atoms with Gasteiger partial charge in [-0.1, -0.05) is 63.1 Å². The second-order valence-corrected chi connectivity index (χ2v) is 17.9. The molecule has 0 aliphatic rings. The van der Waals surface area contributed by atoms with E-state index in [-0.39, 0.29) is 11.0 Å². The molecule has 166 valence electrons. The van der Waals surface area contributed by atoms with Gasteiger partial charge in [0.2, 0.25) is 0 Å². The van der Waals surface area contributed by atoms with Crippen LogP contribution in [0.5, 0.6) is 0 Å². The molecule has 6 heteroatoms. The highest BCUT2D eigenvalue weighted by atomic mass is 32.2. The monoisotopic (exact) mass is 464 g/mol. The van der Waals surface area contributed by atoms with E-state index >= 15 is 0 Å². The van der Waals surface area contributed by atoms with E-state index in [0.29, 0.717) is 16.4 Å². The normalized spacial score (nSPS) is 15.8. The van der Waals surface area contributed by atoms with E-state index in [1.165, 1.54) is 0 Å². The summed E-state index contributed by atoms with van der Waals surface area (Å²) in [6, 6.07) is 15.3. The summed E-state index contributed by atoms with van der Waals surface area (Å²) >= 11 is 0. The minimum atomic E-state index is -1.95. The van der Waals surface area contributed by atoms with Gasteiger partial charge in [0.25, 0.3) is 0 Å². The topological polar surface area (TPSA) is 43.4 Å². The van der Waals surface area contributed by atoms with Crippen molar-refractivity contribution in [2.45, 2.75) is 74.0 Å². The van der Waals surface area contributed by atoms with E-state index in [9.17, 15) is 8.42 Å². The predicted molar refractivity (Wildman–Crippen MR) is 131 cm³/mol. The predicted octanol–water partition coefficient (Wildman–Crippen LogP) is 6.20. The SMILES string of the molecule is Cc1ccc([S@](=O)C([C@H](C)CO[Si](C)(C)C(C)(C)C)[S@@](=O)c2ccc(C)cc2)cc1. The highest BCUT2D eigenvalue weighted by Crippen LogP contribution is 2.37. The van der Waals surface area contributed by atoms with Gasteiger partial charge in [0.05, 0.1) is 21.6 Å². The molecule has 0 bridgehead atoms. The Hall–Kier alpha value is -1.08. The zero-order chi connectivity index (χ0) is 22.7. The van der Waals surface area contributed by atoms with Gasteiger partial charge in [0, 0.05) is 22.3 Å². The molecule has 30 heavy (non-hydrogen) atoms. The van der Waals surface area contributed by atoms with E-state index in [0.717, 1.165) is 11.1 Å². The first-order chi connectivity index (χ1) is 13.8. The Morgan fingerprint density at radius 2 is 1.20 bits per heavy atom. The minimum absolute atomic E-state index is 0.0917. The first-order valence-electron chi connectivity index (χ1n) is 10.4. The van der Waals surface area contributed by atoms with Crippen LogP contribution in [0.25, 0.3) is 0 Å². The lowest BCUT2D eigenvalue weighted by atomic mass is 10.2. The highest BCUT2D eigenvalue weighted by Gasteiger charge is 2.39. The molecule has 0 unspecified atom stereocenters. The fourth-order valence-electron chi connectivity index (χ4n) is 2.75. The molecule has 0 amide bonds. The van der Waals surface area contributed by atoms with Crippen LogP contribution in [0.3, 0.4) is 0 Å². The molecule has 0 radical (unpaired) electrons. The molecular formula is C24H36O3S2Si. The third kappa shape index (κ3) is 6.22. The van der Waals surface area contributed by atoms with Crippen LogP contribution in [0, 0.1) is 19.8 Å². The van der Waals surface area contributed by atoms with Crippen molar-refractivity contribution in [3.63, 3.8) is 0 Å². The lowest BCUT2D eigenvalue weighted by Crippen LogP contribution is -2.43. The van der Waals surface area contributed by atoms with Crippen LogP contribution < -0.4 is 0 Å². The molecule has 3 nitrogen and oxygen atoms in total. The smallest absolute Gasteiger partial charge is 0.191 e. The summed E-state index contributed by atoms with van der Waals surface area (Å²) in [4.78, 5) is 1.43. The molecule has 3 atom stereocenters. The van der Waals surface area contributed by atoms with Crippen LogP contribution in [0.15, 0.2) is 58.3 Å². The number of hydrogen-bond donors (Lipinski definition) is 0. The Morgan fingerprint density at radius 1 is 0.833 bits per heavy atom. The van der Waals surface area contributed by atoms with Gasteiger partial charge in [-0.2, -0.15) is 0 Å². The number of aryl methyl sites for hydroxylation is 2. The lowest BCUT2D eigenvalue weighted by molar-refractivity contribution is 0.244. The molecule has 0 spiro atoms. The largest absolute Gasteiger partial charge is 0.416 e. The third-order valence-corrected chi connectivity index (χ3v) is 14.7. The van der Waals surface area contributed by atoms with E-state index in [1.807, 2.05) is 69.3 Å². The fraction of sp³-hybridized carbons (Fsp3) is 0.500. The molecule has 0 saturated heterocycles. The number of hydrogen-bond acceptors (Lipinski definition) is 3. The average molecular weight is 465 g/mol. The van der Waals surface area contributed by atoms with Gasteiger partial charge in [0.1, 0.15) is 4.58 Å². The summed E-state index contributed by atoms with van der Waals surface area (Å²) in [7, 11) is -4.77. The van der Waals surface area contributed by atoms with E-state index < -0.39 is 34.5 Å². The standard InChI is InChI=1S/C24H36O3S2Si/c1-18-9-13-21(14-10-18)28(25)23(29(26)22-15-11-19(2)12-16-22)20(3)17-27-30(7,8)24(4,5)6/h9-16,20,23H,17H2,1-8H3/t20-,28+,29+/m1/s1. The van der Waals surface area contributed by atoms with Crippen molar-refractivity contribution in [1.29, 1.82) is 0 Å². The van der Waals surface area contributed by atoms with Crippen molar-refractivity contribution in [2.24, 2.45) is 5.92 Å². The summed E-state index contributed by atoms with van der Waals surface area (Å²) < 4.78 is 33.0. The Labute approximate surface area is 188 Å². The van der Waals surface area contributed by atoms with Gasteiger partial charge in [-0.15, -0.1) is 0 Å². The highest BCUT2D eigenvalue weighted by molar-refractivity contribution is 8.03. The summed E-state index contributed by atoms with van der Waals surface area (Å²) in [5.74, 6) is -0.122. The van der Waals surface area contributed by atoms with Crippen LogP contribution in [-0.4, -0.2) is 27.9 Å². The maximum absolute atomic E-state index is 13.6. The Kier molecular flexibility index (Phi) is 8.41. The second kappa shape index (κ2) is 10.0. The van der Waals surface area contributed by atoms with Crippen LogP contribution in [0.1, 0.15) is 38.8 Å². The van der Waals surface area contributed by atoms with Crippen LogP contribution in [0.2, 0.25) is 18.1 Å². The molecule has 2 aromatic rings. The van der Waals surface area contributed by atoms with Gasteiger partial charge in [-0.25, -0.2) is 0 Å². The van der Waals surface area contributed by atoms with Crippen molar-refractivity contribution in [3.05, 3.63) is 59.7 Å². The Balaban J connectivity index is 2.34. The molecule has 0 N–H and O–H groups in total. The zero-order valence-electron chi connectivity index (χ0n) is 19.5. The first-order valence-corrected chi connectivity index (χ1v) is 15.8. The van der Waals surface area contributed by atoms with E-state index in [1.54, 1.807) is 0 Å². The zero-order valence-corrected chi connectivity index (χ0v) is 22.2. The molecule has 2 rings (SSSR count). The molecule has 0 saturated carbocycles. The maximum Gasteiger partial charge on any atom is 0.191 e. The number of benzene rings is 2. The van der Waals surface area contributed by atoms with Crippen molar-refractivity contribution in [2.75, 3.05) is 6.61 Å². The summed E-state index contributed by atoms with van der Waals surface area (Å²) in [6.07, 6.45) is 0. The van der Waals surface area contributed by atoms with E-state index in [4.69, 9.17) is 4.43 Å². The Bertz CT molecular complexity index is 827. The molecular weight excluding hydrogens is 428 g/mol. The van der Waals surface area contributed by atoms with Gasteiger partial charge in [-0.05, 0) is 56.2 Å². The quantitative estimate of drug-likeness (QED) is 0.437. The van der Waals surface area contributed by atoms with Gasteiger partial charge in [-0.3, -0.25) is 8.42 Å². The lowest BCUT2D eigenvalue weighted by Gasteiger charge is -2.37. The molecule has 0 aliphatic heterocycles. The first kappa shape index (κ1) is 25.2. The fourth-order valence-corrected chi connectivity index (χ4v) is 7.51. The van der Waals surface area contributed by atoms with Gasteiger partial charge >= 0.3 is 0 Å². The molecule has 0 aromatic heterocycles. The minimum Gasteiger partial charge on any atom is -0.416 e. The van der Waals surface area contributed by atoms with Crippen molar-refractivity contribution >= 4 is 29.9 Å². The molecule has 2 aromatic carbocycles. The second-order valence-electron chi connectivity index (χ2n) is 9.64.